The Hall–Kier alpha value is -1.45. The standard InChI is InChI=1S/C13H23N3O/c1-9(2)6-10(3)16(5)13(17)12-7-11(14)8-15(12)4/h7-10H,6,14H2,1-5H3. The van der Waals surface area contributed by atoms with Crippen molar-refractivity contribution in [2.45, 2.75) is 33.2 Å². The summed E-state index contributed by atoms with van der Waals surface area (Å²) in [4.78, 5) is 14.0. The predicted molar refractivity (Wildman–Crippen MR) is 70.8 cm³/mol. The lowest BCUT2D eigenvalue weighted by Gasteiger charge is -2.26. The molecule has 1 amide bonds. The van der Waals surface area contributed by atoms with Crippen molar-refractivity contribution < 1.29 is 4.79 Å². The number of nitrogens with zero attached hydrogens (tertiary/aromatic N) is 2. The molecule has 1 unspecified atom stereocenters. The quantitative estimate of drug-likeness (QED) is 0.872. The minimum atomic E-state index is 0.0253. The highest BCUT2D eigenvalue weighted by Crippen LogP contribution is 2.15. The van der Waals surface area contributed by atoms with Crippen molar-refractivity contribution in [2.24, 2.45) is 13.0 Å². The third-order valence-electron chi connectivity index (χ3n) is 3.04. The molecule has 0 radical (unpaired) electrons. The number of nitrogens with two attached hydrogens (primary N) is 1. The minimum Gasteiger partial charge on any atom is -0.397 e. The van der Waals surface area contributed by atoms with Gasteiger partial charge in [-0.1, -0.05) is 13.8 Å². The van der Waals surface area contributed by atoms with Gasteiger partial charge in [0.2, 0.25) is 0 Å². The van der Waals surface area contributed by atoms with E-state index in [1.807, 2.05) is 14.1 Å². The van der Waals surface area contributed by atoms with Crippen LogP contribution in [-0.2, 0) is 7.05 Å². The van der Waals surface area contributed by atoms with Crippen LogP contribution in [-0.4, -0.2) is 28.5 Å². The van der Waals surface area contributed by atoms with E-state index in [1.54, 1.807) is 21.7 Å². The van der Waals surface area contributed by atoms with Crippen LogP contribution in [0.1, 0.15) is 37.7 Å². The van der Waals surface area contributed by atoms with Crippen molar-refractivity contribution in [2.75, 3.05) is 12.8 Å². The first-order chi connectivity index (χ1) is 7.82. The number of carbonyl (C=O) groups is 1. The molecule has 4 heteroatoms. The van der Waals surface area contributed by atoms with Crippen molar-refractivity contribution in [1.82, 2.24) is 9.47 Å². The van der Waals surface area contributed by atoms with Crippen molar-refractivity contribution >= 4 is 11.6 Å². The van der Waals surface area contributed by atoms with Crippen LogP contribution < -0.4 is 5.73 Å². The Morgan fingerprint density at radius 3 is 2.47 bits per heavy atom. The number of anilines is 1. The van der Waals surface area contributed by atoms with Gasteiger partial charge in [0.05, 0.1) is 5.69 Å². The molecule has 1 aromatic heterocycles. The summed E-state index contributed by atoms with van der Waals surface area (Å²) in [7, 11) is 3.68. The van der Waals surface area contributed by atoms with Gasteiger partial charge in [-0.3, -0.25) is 4.79 Å². The zero-order valence-corrected chi connectivity index (χ0v) is 11.4. The van der Waals surface area contributed by atoms with Gasteiger partial charge in [0.25, 0.3) is 5.91 Å². The van der Waals surface area contributed by atoms with E-state index in [0.29, 0.717) is 17.3 Å². The van der Waals surface area contributed by atoms with Crippen LogP contribution in [0.15, 0.2) is 12.3 Å². The van der Waals surface area contributed by atoms with Gasteiger partial charge in [-0.15, -0.1) is 0 Å². The first kappa shape index (κ1) is 13.6. The minimum absolute atomic E-state index is 0.0253. The molecule has 96 valence electrons. The number of aryl methyl sites for hydroxylation is 1. The molecular weight excluding hydrogens is 214 g/mol. The van der Waals surface area contributed by atoms with E-state index in [-0.39, 0.29) is 11.9 Å². The van der Waals surface area contributed by atoms with E-state index in [0.717, 1.165) is 6.42 Å². The summed E-state index contributed by atoms with van der Waals surface area (Å²) in [6, 6.07) is 1.96. The summed E-state index contributed by atoms with van der Waals surface area (Å²) >= 11 is 0. The third-order valence-corrected chi connectivity index (χ3v) is 3.04. The van der Waals surface area contributed by atoms with Gasteiger partial charge in [-0.2, -0.15) is 0 Å². The van der Waals surface area contributed by atoms with Crippen LogP contribution in [0.4, 0.5) is 5.69 Å². The van der Waals surface area contributed by atoms with Crippen LogP contribution in [0.5, 0.6) is 0 Å². The Balaban J connectivity index is 2.79. The second-order valence-corrected chi connectivity index (χ2v) is 5.16. The maximum absolute atomic E-state index is 12.3. The summed E-state index contributed by atoms with van der Waals surface area (Å²) in [6.07, 6.45) is 2.76. The summed E-state index contributed by atoms with van der Waals surface area (Å²) in [5, 5.41) is 0. The first-order valence-corrected chi connectivity index (χ1v) is 6.02. The predicted octanol–water partition coefficient (Wildman–Crippen LogP) is 2.11. The molecule has 0 bridgehead atoms. The van der Waals surface area contributed by atoms with Crippen LogP contribution in [0.3, 0.4) is 0 Å². The molecule has 0 fully saturated rings. The Bertz CT molecular complexity index is 395. The SMILES string of the molecule is CC(C)CC(C)N(C)C(=O)c1cc(N)cn1C. The molecule has 2 N–H and O–H groups in total. The molecule has 1 heterocycles. The third kappa shape index (κ3) is 3.25. The molecule has 0 aliphatic carbocycles. The molecule has 0 aliphatic rings. The summed E-state index contributed by atoms with van der Waals surface area (Å²) in [5.74, 6) is 0.607. The van der Waals surface area contributed by atoms with Crippen LogP contribution in [0, 0.1) is 5.92 Å². The Kier molecular flexibility index (Phi) is 4.21. The van der Waals surface area contributed by atoms with E-state index < -0.39 is 0 Å². The van der Waals surface area contributed by atoms with Gasteiger partial charge < -0.3 is 15.2 Å². The number of nitrogen functional groups attached to an aromatic ring is 1. The number of rotatable bonds is 4. The number of hydrogen-bond acceptors (Lipinski definition) is 2. The van der Waals surface area contributed by atoms with E-state index in [9.17, 15) is 4.79 Å². The van der Waals surface area contributed by atoms with Gasteiger partial charge in [0.1, 0.15) is 5.69 Å². The first-order valence-electron chi connectivity index (χ1n) is 6.02. The Morgan fingerprint density at radius 1 is 1.47 bits per heavy atom. The second kappa shape index (κ2) is 5.25. The molecule has 4 nitrogen and oxygen atoms in total. The Labute approximate surface area is 103 Å². The molecule has 0 aliphatic heterocycles. The van der Waals surface area contributed by atoms with E-state index in [4.69, 9.17) is 5.73 Å². The highest BCUT2D eigenvalue weighted by atomic mass is 16.2. The zero-order valence-electron chi connectivity index (χ0n) is 11.4. The molecule has 0 aromatic carbocycles. The number of carbonyl (C=O) groups excluding carboxylic acids is 1. The smallest absolute Gasteiger partial charge is 0.270 e. The molecule has 1 atom stereocenters. The molecule has 0 spiro atoms. The average molecular weight is 237 g/mol. The molecular formula is C13H23N3O. The average Bonchev–Trinajstić information content (AvgIpc) is 2.54. The molecule has 1 rings (SSSR count). The van der Waals surface area contributed by atoms with Crippen LogP contribution in [0.2, 0.25) is 0 Å². The maximum Gasteiger partial charge on any atom is 0.270 e. The van der Waals surface area contributed by atoms with E-state index in [2.05, 4.69) is 20.8 Å². The summed E-state index contributed by atoms with van der Waals surface area (Å²) < 4.78 is 1.77. The van der Waals surface area contributed by atoms with Gasteiger partial charge in [-0.05, 0) is 25.3 Å². The van der Waals surface area contributed by atoms with Gasteiger partial charge in [0.15, 0.2) is 0 Å². The lowest BCUT2D eigenvalue weighted by atomic mass is 10.0. The lowest BCUT2D eigenvalue weighted by Crippen LogP contribution is -2.36. The number of aromatic nitrogens is 1. The van der Waals surface area contributed by atoms with Gasteiger partial charge in [0, 0.05) is 26.3 Å². The van der Waals surface area contributed by atoms with E-state index >= 15 is 0 Å². The zero-order chi connectivity index (χ0) is 13.2. The molecule has 0 saturated carbocycles. The lowest BCUT2D eigenvalue weighted by molar-refractivity contribution is 0.0718. The summed E-state index contributed by atoms with van der Waals surface area (Å²) in [5.41, 5.74) is 6.95. The van der Waals surface area contributed by atoms with Crippen molar-refractivity contribution in [3.8, 4) is 0 Å². The van der Waals surface area contributed by atoms with Crippen molar-refractivity contribution in [3.63, 3.8) is 0 Å². The second-order valence-electron chi connectivity index (χ2n) is 5.16. The van der Waals surface area contributed by atoms with Crippen LogP contribution >= 0.6 is 0 Å². The van der Waals surface area contributed by atoms with Crippen molar-refractivity contribution in [3.05, 3.63) is 18.0 Å². The van der Waals surface area contributed by atoms with Gasteiger partial charge in [-0.25, -0.2) is 0 Å². The van der Waals surface area contributed by atoms with Crippen LogP contribution in [0.25, 0.3) is 0 Å². The Morgan fingerprint density at radius 2 is 2.06 bits per heavy atom. The maximum atomic E-state index is 12.3. The molecule has 0 saturated heterocycles. The fourth-order valence-corrected chi connectivity index (χ4v) is 2.02. The fourth-order valence-electron chi connectivity index (χ4n) is 2.02. The van der Waals surface area contributed by atoms with Gasteiger partial charge >= 0.3 is 0 Å². The number of amides is 1. The normalized spacial score (nSPS) is 12.8. The molecule has 17 heavy (non-hydrogen) atoms. The van der Waals surface area contributed by atoms with E-state index in [1.165, 1.54) is 0 Å². The topological polar surface area (TPSA) is 51.3 Å². The van der Waals surface area contributed by atoms with Crippen molar-refractivity contribution in [1.29, 1.82) is 0 Å². The fraction of sp³-hybridized carbons (Fsp3) is 0.615. The number of hydrogen-bond donors (Lipinski definition) is 1. The summed E-state index contributed by atoms with van der Waals surface area (Å²) in [6.45, 7) is 6.40. The monoisotopic (exact) mass is 237 g/mol. The highest BCUT2D eigenvalue weighted by Gasteiger charge is 2.20. The largest absolute Gasteiger partial charge is 0.397 e. The highest BCUT2D eigenvalue weighted by molar-refractivity contribution is 5.93. The molecule has 1 aromatic rings.